The van der Waals surface area contributed by atoms with Gasteiger partial charge in [-0.1, -0.05) is 30.3 Å². The molecule has 1 aromatic heterocycles. The molecule has 2 rings (SSSR count). The normalized spacial score (nSPS) is 9.83. The van der Waals surface area contributed by atoms with Gasteiger partial charge in [0.15, 0.2) is 12.1 Å². The van der Waals surface area contributed by atoms with Gasteiger partial charge in [0.2, 0.25) is 0 Å². The second kappa shape index (κ2) is 6.30. The second-order valence-electron chi connectivity index (χ2n) is 3.99. The number of Topliss-reactive ketones (excluding diaryl/α,β-unsaturated/α-hetero) is 1. The van der Waals surface area contributed by atoms with E-state index in [9.17, 15) is 4.79 Å². The number of carbonyl (C=O) groups excluding carboxylic acids is 1. The molecule has 0 saturated heterocycles. The molecule has 96 valence electrons. The lowest BCUT2D eigenvalue weighted by Gasteiger charge is -1.95. The average molecular weight is 311 g/mol. The van der Waals surface area contributed by atoms with Gasteiger partial charge in [-0.3, -0.25) is 4.79 Å². The van der Waals surface area contributed by atoms with Crippen LogP contribution < -0.4 is 27.3 Å². The first-order valence-corrected chi connectivity index (χ1v) is 5.41. The average Bonchev–Trinajstić information content (AvgIpc) is 2.59. The Labute approximate surface area is 116 Å². The van der Waals surface area contributed by atoms with Crippen LogP contribution >= 0.6 is 0 Å². The molecule has 0 radical (unpaired) electrons. The molecular formula is C12H15BrN4O. The predicted molar refractivity (Wildman–Crippen MR) is 63.1 cm³/mol. The van der Waals surface area contributed by atoms with E-state index in [0.29, 0.717) is 12.5 Å². The number of hydrogen-bond donors (Lipinski definition) is 1. The first-order valence-electron chi connectivity index (χ1n) is 5.41. The number of rotatable bonds is 4. The highest BCUT2D eigenvalue weighted by molar-refractivity contribution is 5.73. The maximum Gasteiger partial charge on any atom is 0.375 e. The molecule has 2 aromatic rings. The summed E-state index contributed by atoms with van der Waals surface area (Å²) in [6.07, 6.45) is 1.75. The maximum atomic E-state index is 11.0. The van der Waals surface area contributed by atoms with Crippen molar-refractivity contribution in [3.05, 3.63) is 42.2 Å². The Bertz CT molecular complexity index is 524. The summed E-state index contributed by atoms with van der Waals surface area (Å²) in [4.78, 5) is 11.0. The van der Waals surface area contributed by atoms with Crippen LogP contribution in [0.1, 0.15) is 12.5 Å². The molecule has 18 heavy (non-hydrogen) atoms. The van der Waals surface area contributed by atoms with E-state index in [-0.39, 0.29) is 29.3 Å². The summed E-state index contributed by atoms with van der Waals surface area (Å²) in [5, 5.41) is 4.16. The number of aromatic nitrogens is 3. The molecule has 0 unspecified atom stereocenters. The molecule has 1 heterocycles. The lowest BCUT2D eigenvalue weighted by Crippen LogP contribution is -3.00. The Kier molecular flexibility index (Phi) is 5.03. The summed E-state index contributed by atoms with van der Waals surface area (Å²) < 4.78 is 3.37. The standard InChI is InChI=1S/C12H15N4O.BrH/c1-10(17)7-15-9-16(14-12(15)13)8-11-5-3-2-4-6-11;/h2-6,9H,7-8H2,1H3,(H2,13,14);1H/q+1;/p-1. The Morgan fingerprint density at radius 1 is 1.39 bits per heavy atom. The monoisotopic (exact) mass is 310 g/mol. The molecule has 0 saturated carbocycles. The van der Waals surface area contributed by atoms with E-state index in [0.717, 1.165) is 5.56 Å². The van der Waals surface area contributed by atoms with Gasteiger partial charge in [0.1, 0.15) is 13.1 Å². The molecule has 0 spiro atoms. The minimum atomic E-state index is 0. The molecule has 0 aliphatic carbocycles. The van der Waals surface area contributed by atoms with Gasteiger partial charge in [-0.05, 0) is 12.5 Å². The number of nitrogens with two attached hydrogens (primary N) is 1. The molecule has 0 amide bonds. The van der Waals surface area contributed by atoms with Gasteiger partial charge < -0.3 is 22.7 Å². The van der Waals surface area contributed by atoms with Crippen molar-refractivity contribution in [3.63, 3.8) is 0 Å². The van der Waals surface area contributed by atoms with Crippen molar-refractivity contribution < 1.29 is 26.3 Å². The maximum absolute atomic E-state index is 11.0. The summed E-state index contributed by atoms with van der Waals surface area (Å²) in [6.45, 7) is 2.44. The quantitative estimate of drug-likeness (QED) is 0.630. The third-order valence-electron chi connectivity index (χ3n) is 2.38. The molecule has 0 bridgehead atoms. The number of ketones is 1. The van der Waals surface area contributed by atoms with Gasteiger partial charge in [-0.2, -0.15) is 0 Å². The molecule has 0 aliphatic heterocycles. The van der Waals surface area contributed by atoms with E-state index < -0.39 is 0 Å². The number of nitrogen functional groups attached to an aromatic ring is 1. The van der Waals surface area contributed by atoms with Gasteiger partial charge in [0, 0.05) is 5.10 Å². The minimum absolute atomic E-state index is 0. The van der Waals surface area contributed by atoms with Crippen LogP contribution in [0.15, 0.2) is 36.7 Å². The largest absolute Gasteiger partial charge is 1.00 e. The molecule has 5 nitrogen and oxygen atoms in total. The fourth-order valence-corrected chi connectivity index (χ4v) is 1.64. The van der Waals surface area contributed by atoms with Crippen molar-refractivity contribution in [1.29, 1.82) is 0 Å². The fourth-order valence-electron chi connectivity index (χ4n) is 1.64. The zero-order valence-corrected chi connectivity index (χ0v) is 11.7. The van der Waals surface area contributed by atoms with Crippen LogP contribution in [0.25, 0.3) is 0 Å². The van der Waals surface area contributed by atoms with Crippen LogP contribution in [0, 0.1) is 0 Å². The Hall–Kier alpha value is -1.69. The van der Waals surface area contributed by atoms with Crippen molar-refractivity contribution in [2.75, 3.05) is 5.73 Å². The third kappa shape index (κ3) is 3.66. The molecule has 0 atom stereocenters. The van der Waals surface area contributed by atoms with E-state index in [1.807, 2.05) is 30.3 Å². The highest BCUT2D eigenvalue weighted by Crippen LogP contribution is 2.01. The molecule has 0 fully saturated rings. The summed E-state index contributed by atoms with van der Waals surface area (Å²) in [5.41, 5.74) is 6.87. The zero-order chi connectivity index (χ0) is 12.3. The van der Waals surface area contributed by atoms with E-state index in [2.05, 4.69) is 5.10 Å². The van der Waals surface area contributed by atoms with Crippen LogP contribution in [-0.4, -0.2) is 15.6 Å². The molecule has 6 heteroatoms. The summed E-state index contributed by atoms with van der Waals surface area (Å²) in [5.74, 6) is 0.414. The zero-order valence-electron chi connectivity index (χ0n) is 10.1. The summed E-state index contributed by atoms with van der Waals surface area (Å²) in [7, 11) is 0. The number of halogens is 1. The van der Waals surface area contributed by atoms with Gasteiger partial charge >= 0.3 is 5.95 Å². The van der Waals surface area contributed by atoms with Gasteiger partial charge in [0.25, 0.3) is 0 Å². The van der Waals surface area contributed by atoms with Crippen molar-refractivity contribution in [2.45, 2.75) is 20.0 Å². The van der Waals surface area contributed by atoms with Crippen molar-refractivity contribution in [1.82, 2.24) is 9.78 Å². The number of benzene rings is 1. The van der Waals surface area contributed by atoms with Crippen molar-refractivity contribution >= 4 is 11.7 Å². The van der Waals surface area contributed by atoms with Gasteiger partial charge in [-0.15, -0.1) is 4.68 Å². The Morgan fingerprint density at radius 2 is 2.06 bits per heavy atom. The van der Waals surface area contributed by atoms with E-state index in [1.165, 1.54) is 6.92 Å². The van der Waals surface area contributed by atoms with Crippen LogP contribution in [-0.2, 0) is 17.9 Å². The summed E-state index contributed by atoms with van der Waals surface area (Å²) in [6, 6.07) is 9.97. The first-order chi connectivity index (χ1) is 8.15. The highest BCUT2D eigenvalue weighted by atomic mass is 79.9. The van der Waals surface area contributed by atoms with Gasteiger partial charge in [-0.25, -0.2) is 4.57 Å². The van der Waals surface area contributed by atoms with E-state index in [4.69, 9.17) is 5.73 Å². The number of hydrogen-bond acceptors (Lipinski definition) is 3. The predicted octanol–water partition coefficient (Wildman–Crippen LogP) is -2.61. The van der Waals surface area contributed by atoms with E-state index in [1.54, 1.807) is 15.6 Å². The number of carbonyl (C=O) groups is 1. The third-order valence-corrected chi connectivity index (χ3v) is 2.38. The first kappa shape index (κ1) is 14.4. The van der Waals surface area contributed by atoms with Crippen LogP contribution in [0.2, 0.25) is 0 Å². The van der Waals surface area contributed by atoms with Gasteiger partial charge in [0.05, 0.1) is 0 Å². The second-order valence-corrected chi connectivity index (χ2v) is 3.99. The minimum Gasteiger partial charge on any atom is -1.00 e. The Morgan fingerprint density at radius 3 is 2.67 bits per heavy atom. The number of anilines is 1. The highest BCUT2D eigenvalue weighted by Gasteiger charge is 2.13. The van der Waals surface area contributed by atoms with Crippen LogP contribution in [0.4, 0.5) is 5.95 Å². The summed E-state index contributed by atoms with van der Waals surface area (Å²) >= 11 is 0. The lowest BCUT2D eigenvalue weighted by molar-refractivity contribution is -0.670. The SMILES string of the molecule is CC(=O)C[n+]1cn(Cc2ccccc2)nc1N.[Br-]. The van der Waals surface area contributed by atoms with Crippen LogP contribution in [0.3, 0.4) is 0 Å². The number of nitrogens with zero attached hydrogens (tertiary/aromatic N) is 3. The topological polar surface area (TPSA) is 64.8 Å². The van der Waals surface area contributed by atoms with E-state index >= 15 is 0 Å². The lowest BCUT2D eigenvalue weighted by atomic mass is 10.2. The molecule has 0 aliphatic rings. The molecular weight excluding hydrogens is 296 g/mol. The molecule has 1 aromatic carbocycles. The van der Waals surface area contributed by atoms with Crippen molar-refractivity contribution in [3.8, 4) is 0 Å². The van der Waals surface area contributed by atoms with Crippen LogP contribution in [0.5, 0.6) is 0 Å². The molecule has 2 N–H and O–H groups in total. The van der Waals surface area contributed by atoms with Crippen molar-refractivity contribution in [2.24, 2.45) is 0 Å². The smallest absolute Gasteiger partial charge is 0.375 e. The Balaban J connectivity index is 0.00000162. The fraction of sp³-hybridized carbons (Fsp3) is 0.250.